The van der Waals surface area contributed by atoms with E-state index >= 15 is 0 Å². The first kappa shape index (κ1) is 17.5. The molecule has 0 radical (unpaired) electrons. The second kappa shape index (κ2) is 7.38. The zero-order valence-corrected chi connectivity index (χ0v) is 15.5. The fourth-order valence-electron chi connectivity index (χ4n) is 3.65. The van der Waals surface area contributed by atoms with E-state index in [1.165, 1.54) is 17.4 Å². The Morgan fingerprint density at radius 1 is 1.00 bits per heavy atom. The van der Waals surface area contributed by atoms with Crippen LogP contribution in [0.25, 0.3) is 0 Å². The molecule has 2 fully saturated rings. The molecule has 0 aromatic carbocycles. The molecule has 8 heteroatoms. The highest BCUT2D eigenvalue weighted by molar-refractivity contribution is 5.94. The van der Waals surface area contributed by atoms with E-state index in [2.05, 4.69) is 14.8 Å². The molecule has 142 valence electrons. The highest BCUT2D eigenvalue weighted by atomic mass is 16.2. The molecule has 1 amide bonds. The summed E-state index contributed by atoms with van der Waals surface area (Å²) in [6.45, 7) is 4.54. The molecule has 8 nitrogen and oxygen atoms in total. The van der Waals surface area contributed by atoms with Crippen molar-refractivity contribution in [2.24, 2.45) is 7.05 Å². The molecule has 4 rings (SSSR count). The van der Waals surface area contributed by atoms with E-state index in [4.69, 9.17) is 4.98 Å². The first-order chi connectivity index (χ1) is 13.1. The van der Waals surface area contributed by atoms with Gasteiger partial charge in [-0.1, -0.05) is 0 Å². The fourth-order valence-corrected chi connectivity index (χ4v) is 3.65. The second-order valence-corrected chi connectivity index (χ2v) is 7.03. The fraction of sp³-hybridized carbons (Fsp3) is 0.474. The molecule has 2 aliphatic heterocycles. The molecule has 27 heavy (non-hydrogen) atoms. The molecule has 2 aromatic rings. The lowest BCUT2D eigenvalue weighted by Gasteiger charge is -2.35. The second-order valence-electron chi connectivity index (χ2n) is 7.03. The molecular weight excluding hydrogens is 344 g/mol. The monoisotopic (exact) mass is 368 g/mol. The molecule has 0 unspecified atom stereocenters. The number of aromatic nitrogens is 3. The number of amides is 1. The van der Waals surface area contributed by atoms with Crippen LogP contribution in [0.5, 0.6) is 0 Å². The van der Waals surface area contributed by atoms with E-state index in [9.17, 15) is 9.59 Å². The number of rotatable bonds is 3. The molecule has 0 N–H and O–H groups in total. The molecule has 0 atom stereocenters. The van der Waals surface area contributed by atoms with Gasteiger partial charge in [-0.15, -0.1) is 0 Å². The Kier molecular flexibility index (Phi) is 4.79. The van der Waals surface area contributed by atoms with Gasteiger partial charge < -0.3 is 19.3 Å². The maximum absolute atomic E-state index is 12.7. The zero-order chi connectivity index (χ0) is 18.8. The molecule has 0 bridgehead atoms. The Labute approximate surface area is 158 Å². The van der Waals surface area contributed by atoms with E-state index in [0.717, 1.165) is 24.9 Å². The summed E-state index contributed by atoms with van der Waals surface area (Å²) >= 11 is 0. The smallest absolute Gasteiger partial charge is 0.263 e. The number of hydrogen-bond acceptors (Lipinski definition) is 6. The van der Waals surface area contributed by atoms with Crippen molar-refractivity contribution in [3.63, 3.8) is 0 Å². The third-order valence-electron chi connectivity index (χ3n) is 5.26. The largest absolute Gasteiger partial charge is 0.353 e. The van der Waals surface area contributed by atoms with Crippen molar-refractivity contribution < 1.29 is 4.79 Å². The van der Waals surface area contributed by atoms with Crippen LogP contribution in [0.15, 0.2) is 35.4 Å². The lowest BCUT2D eigenvalue weighted by molar-refractivity contribution is 0.0744. The van der Waals surface area contributed by atoms with Crippen molar-refractivity contribution in [2.75, 3.05) is 49.1 Å². The summed E-state index contributed by atoms with van der Waals surface area (Å²) in [4.78, 5) is 40.1. The highest BCUT2D eigenvalue weighted by Gasteiger charge is 2.25. The van der Waals surface area contributed by atoms with Gasteiger partial charge in [-0.05, 0) is 31.0 Å². The molecule has 2 saturated heterocycles. The summed E-state index contributed by atoms with van der Waals surface area (Å²) in [5.74, 6) is 1.49. The zero-order valence-electron chi connectivity index (χ0n) is 15.5. The van der Waals surface area contributed by atoms with Gasteiger partial charge in [0, 0.05) is 58.7 Å². The number of carbonyl (C=O) groups excluding carboxylic acids is 1. The normalized spacial score (nSPS) is 17.4. The number of aryl methyl sites for hydroxylation is 1. The van der Waals surface area contributed by atoms with E-state index in [-0.39, 0.29) is 17.0 Å². The summed E-state index contributed by atoms with van der Waals surface area (Å²) in [7, 11) is 1.66. The van der Waals surface area contributed by atoms with Crippen LogP contribution in [-0.2, 0) is 7.05 Å². The molecule has 2 aliphatic rings. The van der Waals surface area contributed by atoms with Gasteiger partial charge in [0.05, 0.1) is 0 Å². The third kappa shape index (κ3) is 3.51. The number of hydrogen-bond donors (Lipinski definition) is 0. The SMILES string of the molecule is Cn1cccc(C(=O)N2CCN(c3ccnc(N4CCCC4)n3)CC2)c1=O. The highest BCUT2D eigenvalue weighted by Crippen LogP contribution is 2.20. The van der Waals surface area contributed by atoms with Crippen molar-refractivity contribution in [1.82, 2.24) is 19.4 Å². The first-order valence-corrected chi connectivity index (χ1v) is 9.41. The van der Waals surface area contributed by atoms with E-state index in [1.54, 1.807) is 36.5 Å². The van der Waals surface area contributed by atoms with Crippen LogP contribution in [0.3, 0.4) is 0 Å². The molecule has 2 aromatic heterocycles. The van der Waals surface area contributed by atoms with Crippen molar-refractivity contribution in [3.05, 3.63) is 46.5 Å². The maximum Gasteiger partial charge on any atom is 0.263 e. The van der Waals surface area contributed by atoms with Gasteiger partial charge in [-0.25, -0.2) is 4.98 Å². The molecule has 4 heterocycles. The lowest BCUT2D eigenvalue weighted by Crippen LogP contribution is -2.50. The predicted octanol–water partition coefficient (Wildman–Crippen LogP) is 0.738. The summed E-state index contributed by atoms with van der Waals surface area (Å²) in [5, 5.41) is 0. The maximum atomic E-state index is 12.7. The standard InChI is InChI=1S/C19H24N6O2/c1-22-8-4-5-15(17(22)26)18(27)24-13-11-23(12-14-24)16-6-7-20-19(21-16)25-9-2-3-10-25/h4-8H,2-3,9-14H2,1H3. The predicted molar refractivity (Wildman–Crippen MR) is 103 cm³/mol. The van der Waals surface area contributed by atoms with Crippen molar-refractivity contribution in [3.8, 4) is 0 Å². The van der Waals surface area contributed by atoms with Crippen LogP contribution in [0.4, 0.5) is 11.8 Å². The van der Waals surface area contributed by atoms with E-state index < -0.39 is 0 Å². The number of pyridine rings is 1. The summed E-state index contributed by atoms with van der Waals surface area (Å²) in [6.07, 6.45) is 5.84. The van der Waals surface area contributed by atoms with Gasteiger partial charge >= 0.3 is 0 Å². The first-order valence-electron chi connectivity index (χ1n) is 9.41. The Morgan fingerprint density at radius 3 is 2.48 bits per heavy atom. The van der Waals surface area contributed by atoms with Crippen LogP contribution < -0.4 is 15.4 Å². The molecular formula is C19H24N6O2. The van der Waals surface area contributed by atoms with Crippen molar-refractivity contribution in [2.45, 2.75) is 12.8 Å². The topological polar surface area (TPSA) is 74.6 Å². The van der Waals surface area contributed by atoms with Crippen molar-refractivity contribution >= 4 is 17.7 Å². The van der Waals surface area contributed by atoms with Gasteiger partial charge in [0.15, 0.2) is 0 Å². The summed E-state index contributed by atoms with van der Waals surface area (Å²) in [6, 6.07) is 5.25. The average Bonchev–Trinajstić information content (AvgIpc) is 3.25. The van der Waals surface area contributed by atoms with Crippen LogP contribution in [-0.4, -0.2) is 64.6 Å². The number of nitrogens with zero attached hydrogens (tertiary/aromatic N) is 6. The van der Waals surface area contributed by atoms with Gasteiger partial charge in [-0.3, -0.25) is 9.59 Å². The summed E-state index contributed by atoms with van der Waals surface area (Å²) in [5.41, 5.74) is -0.0252. The Balaban J connectivity index is 1.43. The van der Waals surface area contributed by atoms with Gasteiger partial charge in [0.1, 0.15) is 11.4 Å². The van der Waals surface area contributed by atoms with E-state index in [1.807, 2.05) is 6.07 Å². The number of anilines is 2. The third-order valence-corrected chi connectivity index (χ3v) is 5.26. The Morgan fingerprint density at radius 2 is 1.74 bits per heavy atom. The van der Waals surface area contributed by atoms with Gasteiger partial charge in [-0.2, -0.15) is 4.98 Å². The van der Waals surface area contributed by atoms with Crippen LogP contribution >= 0.6 is 0 Å². The van der Waals surface area contributed by atoms with Crippen LogP contribution in [0, 0.1) is 0 Å². The van der Waals surface area contributed by atoms with Crippen LogP contribution in [0.1, 0.15) is 23.2 Å². The minimum Gasteiger partial charge on any atom is -0.353 e. The summed E-state index contributed by atoms with van der Waals surface area (Å²) < 4.78 is 1.43. The van der Waals surface area contributed by atoms with Gasteiger partial charge in [0.2, 0.25) is 5.95 Å². The number of piperazine rings is 1. The quantitative estimate of drug-likeness (QED) is 0.796. The van der Waals surface area contributed by atoms with Crippen LogP contribution in [0.2, 0.25) is 0 Å². The Bertz CT molecular complexity index is 882. The van der Waals surface area contributed by atoms with Gasteiger partial charge in [0.25, 0.3) is 11.5 Å². The molecule has 0 aliphatic carbocycles. The van der Waals surface area contributed by atoms with E-state index in [0.29, 0.717) is 26.2 Å². The minimum absolute atomic E-state index is 0.198. The molecule has 0 spiro atoms. The lowest BCUT2D eigenvalue weighted by atomic mass is 10.2. The minimum atomic E-state index is -0.254. The molecule has 0 saturated carbocycles. The average molecular weight is 368 g/mol. The Hall–Kier alpha value is -2.90. The number of carbonyl (C=O) groups is 1. The van der Waals surface area contributed by atoms with Crippen molar-refractivity contribution in [1.29, 1.82) is 0 Å².